The maximum absolute atomic E-state index is 12.7. The fourth-order valence-electron chi connectivity index (χ4n) is 3.32. The summed E-state index contributed by atoms with van der Waals surface area (Å²) in [6.45, 7) is 0.821. The van der Waals surface area contributed by atoms with Crippen molar-refractivity contribution in [2.45, 2.75) is 17.7 Å². The van der Waals surface area contributed by atoms with E-state index >= 15 is 0 Å². The van der Waals surface area contributed by atoms with Gasteiger partial charge in [0.2, 0.25) is 10.0 Å². The number of nitrogens with one attached hydrogen (secondary N) is 1. The van der Waals surface area contributed by atoms with E-state index in [4.69, 9.17) is 14.2 Å². The van der Waals surface area contributed by atoms with Crippen LogP contribution in [0.4, 0.5) is 11.4 Å². The highest BCUT2D eigenvalue weighted by atomic mass is 32.2. The van der Waals surface area contributed by atoms with Crippen LogP contribution in [0, 0.1) is 10.1 Å². The van der Waals surface area contributed by atoms with E-state index in [9.17, 15) is 18.5 Å². The first kappa shape index (κ1) is 23.3. The lowest BCUT2D eigenvalue weighted by molar-refractivity contribution is -0.384. The minimum absolute atomic E-state index is 0.0473. The molecule has 32 heavy (non-hydrogen) atoms. The number of anilines is 1. The molecule has 0 amide bonds. The van der Waals surface area contributed by atoms with Gasteiger partial charge in [-0.25, -0.2) is 8.42 Å². The quantitative estimate of drug-likeness (QED) is 0.340. The second-order valence-corrected chi connectivity index (χ2v) is 8.80. The van der Waals surface area contributed by atoms with Crippen LogP contribution in [-0.4, -0.2) is 58.3 Å². The van der Waals surface area contributed by atoms with E-state index in [1.807, 2.05) is 0 Å². The number of hydrogen-bond donors (Lipinski definition) is 1. The van der Waals surface area contributed by atoms with Crippen LogP contribution in [0.3, 0.4) is 0 Å². The summed E-state index contributed by atoms with van der Waals surface area (Å²) in [6, 6.07) is 6.96. The van der Waals surface area contributed by atoms with Gasteiger partial charge in [-0.3, -0.25) is 15.5 Å². The van der Waals surface area contributed by atoms with Gasteiger partial charge in [0, 0.05) is 30.8 Å². The SMILES string of the molecule is COc1cc(OC)c(OC)cc1C=NNc1ccc(S(=O)(=O)N2CCCC2)cc1[N+](=O)[O-]. The van der Waals surface area contributed by atoms with Gasteiger partial charge in [0.25, 0.3) is 5.69 Å². The van der Waals surface area contributed by atoms with Crippen LogP contribution in [0.5, 0.6) is 17.2 Å². The van der Waals surface area contributed by atoms with Crippen molar-refractivity contribution in [3.05, 3.63) is 46.0 Å². The highest BCUT2D eigenvalue weighted by molar-refractivity contribution is 7.89. The Morgan fingerprint density at radius 2 is 1.66 bits per heavy atom. The van der Waals surface area contributed by atoms with Gasteiger partial charge >= 0.3 is 0 Å². The Balaban J connectivity index is 1.88. The summed E-state index contributed by atoms with van der Waals surface area (Å²) in [6.07, 6.45) is 2.95. The smallest absolute Gasteiger partial charge is 0.295 e. The number of nitro groups is 1. The number of nitrogens with zero attached hydrogens (tertiary/aromatic N) is 3. The van der Waals surface area contributed by atoms with Crippen LogP contribution < -0.4 is 19.6 Å². The number of rotatable bonds is 9. The summed E-state index contributed by atoms with van der Waals surface area (Å²) in [4.78, 5) is 10.8. The Hall–Kier alpha value is -3.38. The van der Waals surface area contributed by atoms with E-state index in [0.29, 0.717) is 35.9 Å². The van der Waals surface area contributed by atoms with E-state index in [-0.39, 0.29) is 10.6 Å². The van der Waals surface area contributed by atoms with E-state index in [0.717, 1.165) is 18.9 Å². The summed E-state index contributed by atoms with van der Waals surface area (Å²) in [5, 5.41) is 15.6. The van der Waals surface area contributed by atoms with Gasteiger partial charge in [-0.1, -0.05) is 0 Å². The lowest BCUT2D eigenvalue weighted by Gasteiger charge is -2.15. The summed E-state index contributed by atoms with van der Waals surface area (Å²) in [5.41, 5.74) is 2.78. The molecule has 172 valence electrons. The van der Waals surface area contributed by atoms with E-state index in [2.05, 4.69) is 10.5 Å². The van der Waals surface area contributed by atoms with Gasteiger partial charge in [0.1, 0.15) is 11.4 Å². The number of hydrazone groups is 1. The Labute approximate surface area is 185 Å². The molecule has 3 rings (SSSR count). The molecule has 2 aromatic rings. The number of ether oxygens (including phenoxy) is 3. The largest absolute Gasteiger partial charge is 0.496 e. The van der Waals surface area contributed by atoms with E-state index in [1.165, 1.54) is 44.0 Å². The molecule has 0 aliphatic carbocycles. The predicted octanol–water partition coefficient (Wildman–Crippen LogP) is 2.85. The number of sulfonamides is 1. The zero-order valence-electron chi connectivity index (χ0n) is 17.9. The second-order valence-electron chi connectivity index (χ2n) is 6.87. The number of hydrogen-bond acceptors (Lipinski definition) is 9. The molecule has 0 bridgehead atoms. The standard InChI is InChI=1S/C20H24N4O7S/c1-29-18-12-20(31-3)19(30-2)10-14(18)13-21-22-16-7-6-15(11-17(16)24(25)26)32(27,28)23-8-4-5-9-23/h6-7,10-13,22H,4-5,8-9H2,1-3H3. The molecule has 12 heteroatoms. The third-order valence-corrected chi connectivity index (χ3v) is 6.89. The fraction of sp³-hybridized carbons (Fsp3) is 0.350. The molecule has 0 unspecified atom stereocenters. The predicted molar refractivity (Wildman–Crippen MR) is 118 cm³/mol. The molecule has 1 heterocycles. The van der Waals surface area contributed by atoms with Gasteiger partial charge in [0.15, 0.2) is 11.5 Å². The topological polar surface area (TPSA) is 133 Å². The van der Waals surface area contributed by atoms with Crippen LogP contribution in [0.1, 0.15) is 18.4 Å². The maximum Gasteiger partial charge on any atom is 0.295 e. The van der Waals surface area contributed by atoms with Gasteiger partial charge in [-0.15, -0.1) is 0 Å². The van der Waals surface area contributed by atoms with Crippen molar-refractivity contribution >= 4 is 27.6 Å². The molecule has 1 saturated heterocycles. The van der Waals surface area contributed by atoms with Crippen molar-refractivity contribution < 1.29 is 27.6 Å². The molecular formula is C20H24N4O7S. The lowest BCUT2D eigenvalue weighted by Crippen LogP contribution is -2.27. The normalized spacial score (nSPS) is 14.5. The molecule has 1 fully saturated rings. The summed E-state index contributed by atoms with van der Waals surface area (Å²) in [7, 11) is 0.695. The van der Waals surface area contributed by atoms with Gasteiger partial charge < -0.3 is 14.2 Å². The van der Waals surface area contributed by atoms with Gasteiger partial charge in [0.05, 0.1) is 37.4 Å². The molecule has 1 N–H and O–H groups in total. The monoisotopic (exact) mass is 464 g/mol. The van der Waals surface area contributed by atoms with E-state index in [1.54, 1.807) is 12.1 Å². The highest BCUT2D eigenvalue weighted by Gasteiger charge is 2.29. The second kappa shape index (κ2) is 9.83. The molecular weight excluding hydrogens is 440 g/mol. The minimum Gasteiger partial charge on any atom is -0.496 e. The van der Waals surface area contributed by atoms with Crippen LogP contribution in [-0.2, 0) is 10.0 Å². The molecule has 11 nitrogen and oxygen atoms in total. The molecule has 1 aliphatic heterocycles. The number of benzene rings is 2. The average Bonchev–Trinajstić information content (AvgIpc) is 3.34. The first-order chi connectivity index (χ1) is 15.3. The van der Waals surface area contributed by atoms with Crippen molar-refractivity contribution in [3.63, 3.8) is 0 Å². The van der Waals surface area contributed by atoms with Gasteiger partial charge in [-0.05, 0) is 31.0 Å². The number of nitro benzene ring substituents is 1. The molecule has 0 atom stereocenters. The van der Waals surface area contributed by atoms with Crippen LogP contribution >= 0.6 is 0 Å². The summed E-state index contributed by atoms with van der Waals surface area (Å²) < 4.78 is 42.6. The molecule has 2 aromatic carbocycles. The summed E-state index contributed by atoms with van der Waals surface area (Å²) >= 11 is 0. The van der Waals surface area contributed by atoms with Crippen LogP contribution in [0.2, 0.25) is 0 Å². The minimum atomic E-state index is -3.78. The van der Waals surface area contributed by atoms with Crippen molar-refractivity contribution in [1.82, 2.24) is 4.31 Å². The molecule has 0 radical (unpaired) electrons. The van der Waals surface area contributed by atoms with E-state index < -0.39 is 20.6 Å². The van der Waals surface area contributed by atoms with Gasteiger partial charge in [-0.2, -0.15) is 9.41 Å². The van der Waals surface area contributed by atoms with Crippen LogP contribution in [0.15, 0.2) is 40.3 Å². The fourth-order valence-corrected chi connectivity index (χ4v) is 4.86. The number of methoxy groups -OCH3 is 3. The highest BCUT2D eigenvalue weighted by Crippen LogP contribution is 2.34. The maximum atomic E-state index is 12.7. The molecule has 0 spiro atoms. The van der Waals surface area contributed by atoms with Crippen molar-refractivity contribution in [3.8, 4) is 17.2 Å². The average molecular weight is 465 g/mol. The zero-order chi connectivity index (χ0) is 23.3. The molecule has 0 aromatic heterocycles. The van der Waals surface area contributed by atoms with Crippen molar-refractivity contribution in [2.24, 2.45) is 5.10 Å². The van der Waals surface area contributed by atoms with Crippen molar-refractivity contribution in [2.75, 3.05) is 39.8 Å². The summed E-state index contributed by atoms with van der Waals surface area (Å²) in [5.74, 6) is 1.38. The third kappa shape index (κ3) is 4.75. The first-order valence-corrected chi connectivity index (χ1v) is 11.1. The van der Waals surface area contributed by atoms with Crippen LogP contribution in [0.25, 0.3) is 0 Å². The van der Waals surface area contributed by atoms with Crippen molar-refractivity contribution in [1.29, 1.82) is 0 Å². The first-order valence-electron chi connectivity index (χ1n) is 9.69. The molecule has 1 aliphatic rings. The Morgan fingerprint density at radius 1 is 1.03 bits per heavy atom. The Bertz CT molecular complexity index is 1130. The third-order valence-electron chi connectivity index (χ3n) is 4.99. The lowest BCUT2D eigenvalue weighted by atomic mass is 10.2. The Morgan fingerprint density at radius 3 is 2.25 bits per heavy atom. The Kier molecular flexibility index (Phi) is 7.15. The zero-order valence-corrected chi connectivity index (χ0v) is 18.7. The molecule has 0 saturated carbocycles.